The third kappa shape index (κ3) is 11.4. The maximum absolute atomic E-state index is 4.77. The van der Waals surface area contributed by atoms with Crippen LogP contribution in [0.4, 0.5) is 73.9 Å². The summed E-state index contributed by atoms with van der Waals surface area (Å²) >= 11 is 0. The molecule has 2 aliphatic heterocycles. The van der Waals surface area contributed by atoms with Gasteiger partial charge in [0.05, 0.1) is 11.4 Å². The number of hydrogen-bond donors (Lipinski definition) is 0. The summed E-state index contributed by atoms with van der Waals surface area (Å²) < 4.78 is 0. The van der Waals surface area contributed by atoms with Gasteiger partial charge < -0.3 is 29.4 Å². The van der Waals surface area contributed by atoms with Crippen molar-refractivity contribution in [1.82, 2.24) is 0 Å². The second-order valence-electron chi connectivity index (χ2n) is 30.5. The standard InChI is InChI=1S/C101H86B2N6/c1-9-105(74-46-23-12-24-47-74)96-84-60-37-39-64-86(84)100(4,5)98(96)102(70(2)71(3)106(75-48-25-13-26-49-75)76-50-27-14-28-51-76)88-68-89-91(69-90(88)104(8)95-82(72-42-19-10-20-43-72)62-41-63-83(95)73-44-21-11-22-45-73)108(79-56-33-17-34-57-79)92-66-81(107(77-52-29-15-30-53-77)78-54-31-16-32-55-78)67-93-94(92)103(89)99-97(109(93)80-58-35-18-36-59-80)85-61-38-40-65-87(85)101(99,6)7/h9-71H,1H2,2-8H3/t70?,71-/m0/s1. The number of benzene rings is 14. The molecule has 0 N–H and O–H groups in total. The molecule has 0 bridgehead atoms. The van der Waals surface area contributed by atoms with E-state index in [4.69, 9.17) is 6.58 Å². The number of para-hydroxylation sites is 8. The van der Waals surface area contributed by atoms with Crippen LogP contribution >= 0.6 is 0 Å². The molecule has 526 valence electrons. The van der Waals surface area contributed by atoms with Crippen molar-refractivity contribution in [2.24, 2.45) is 0 Å². The van der Waals surface area contributed by atoms with Crippen molar-refractivity contribution < 1.29 is 0 Å². The van der Waals surface area contributed by atoms with Crippen LogP contribution in [-0.2, 0) is 10.8 Å². The van der Waals surface area contributed by atoms with Gasteiger partial charge in [-0.05, 0) is 149 Å². The molecule has 2 atom stereocenters. The van der Waals surface area contributed by atoms with Crippen molar-refractivity contribution in [3.8, 4) is 22.3 Å². The van der Waals surface area contributed by atoms with E-state index in [-0.39, 0.29) is 25.3 Å². The van der Waals surface area contributed by atoms with Gasteiger partial charge >= 0.3 is 0 Å². The summed E-state index contributed by atoms with van der Waals surface area (Å²) in [5.41, 5.74) is 31.6. The van der Waals surface area contributed by atoms with Crippen molar-refractivity contribution in [3.63, 3.8) is 0 Å². The zero-order chi connectivity index (χ0) is 74.1. The summed E-state index contributed by atoms with van der Waals surface area (Å²) in [6, 6.07) is 135. The monoisotopic (exact) mass is 1400 g/mol. The Morgan fingerprint density at radius 3 is 1.32 bits per heavy atom. The van der Waals surface area contributed by atoms with Gasteiger partial charge in [0.15, 0.2) is 0 Å². The van der Waals surface area contributed by atoms with Gasteiger partial charge in [0.2, 0.25) is 13.4 Å². The fourth-order valence-electron chi connectivity index (χ4n) is 18.8. The van der Waals surface area contributed by atoms with Crippen LogP contribution in [0.15, 0.2) is 388 Å². The van der Waals surface area contributed by atoms with Crippen LogP contribution in [0, 0.1) is 0 Å². The lowest BCUT2D eigenvalue weighted by atomic mass is 9.26. The summed E-state index contributed by atoms with van der Waals surface area (Å²) in [5, 5.41) is 0. The fourth-order valence-corrected chi connectivity index (χ4v) is 18.8. The molecule has 6 nitrogen and oxygen atoms in total. The van der Waals surface area contributed by atoms with Gasteiger partial charge in [-0.1, -0.05) is 318 Å². The topological polar surface area (TPSA) is 19.4 Å². The first-order valence-corrected chi connectivity index (χ1v) is 38.4. The van der Waals surface area contributed by atoms with Crippen LogP contribution in [-0.4, -0.2) is 26.5 Å². The quantitative estimate of drug-likeness (QED) is 0.0746. The molecule has 2 aliphatic carbocycles. The maximum atomic E-state index is 4.77. The molecule has 1 unspecified atom stereocenters. The second kappa shape index (κ2) is 27.9. The number of nitrogens with zero attached hydrogens (tertiary/aromatic N) is 6. The zero-order valence-electron chi connectivity index (χ0n) is 62.9. The van der Waals surface area contributed by atoms with Gasteiger partial charge in [0, 0.05) is 126 Å². The number of anilines is 13. The first-order valence-electron chi connectivity index (χ1n) is 38.4. The molecule has 0 radical (unpaired) electrons. The summed E-state index contributed by atoms with van der Waals surface area (Å²) in [7, 11) is 2.36. The number of fused-ring (bicyclic) bond motifs is 6. The molecule has 14 aromatic rings. The first kappa shape index (κ1) is 68.1. The van der Waals surface area contributed by atoms with Gasteiger partial charge in [-0.3, -0.25) is 0 Å². The Morgan fingerprint density at radius 1 is 0.404 bits per heavy atom. The molecule has 18 rings (SSSR count). The van der Waals surface area contributed by atoms with Crippen molar-refractivity contribution in [2.45, 2.75) is 64.2 Å². The summed E-state index contributed by atoms with van der Waals surface area (Å²) in [4.78, 5) is 15.3. The highest BCUT2D eigenvalue weighted by atomic mass is 15.2. The Hall–Kier alpha value is -12.8. The Morgan fingerprint density at radius 2 is 0.817 bits per heavy atom. The van der Waals surface area contributed by atoms with E-state index >= 15 is 0 Å². The molecule has 109 heavy (non-hydrogen) atoms. The van der Waals surface area contributed by atoms with E-state index in [1.165, 1.54) is 55.3 Å². The Kier molecular flexibility index (Phi) is 17.4. The summed E-state index contributed by atoms with van der Waals surface area (Å²) in [6.45, 7) is 19.2. The molecule has 0 aromatic heterocycles. The van der Waals surface area contributed by atoms with Gasteiger partial charge in [0.25, 0.3) is 0 Å². The average molecular weight is 1410 g/mol. The molecular weight excluding hydrogens is 1320 g/mol. The number of hydrogen-bond acceptors (Lipinski definition) is 6. The lowest BCUT2D eigenvalue weighted by molar-refractivity contribution is 0.644. The Labute approximate surface area is 643 Å². The molecule has 0 amide bonds. The highest BCUT2D eigenvalue weighted by Crippen LogP contribution is 2.59. The van der Waals surface area contributed by atoms with Gasteiger partial charge in [-0.25, -0.2) is 0 Å². The zero-order valence-corrected chi connectivity index (χ0v) is 62.9. The minimum atomic E-state index is -0.560. The Balaban J connectivity index is 1.03. The van der Waals surface area contributed by atoms with Crippen LogP contribution in [0.1, 0.15) is 63.8 Å². The second-order valence-corrected chi connectivity index (χ2v) is 30.5. The molecule has 0 fully saturated rings. The van der Waals surface area contributed by atoms with Crippen LogP contribution in [0.5, 0.6) is 0 Å². The summed E-state index contributed by atoms with van der Waals surface area (Å²) in [6.07, 6.45) is 2.06. The Bertz CT molecular complexity index is 5640. The third-order valence-electron chi connectivity index (χ3n) is 23.8. The van der Waals surface area contributed by atoms with E-state index in [1.807, 2.05) is 0 Å². The average Bonchev–Trinajstić information content (AvgIpc) is 1.61. The minimum Gasteiger partial charge on any atom is -0.344 e. The fraction of sp³-hybridized carbons (Fsp3) is 0.109. The lowest BCUT2D eigenvalue weighted by Crippen LogP contribution is -2.59. The largest absolute Gasteiger partial charge is 0.344 e. The highest BCUT2D eigenvalue weighted by Gasteiger charge is 2.55. The van der Waals surface area contributed by atoms with Gasteiger partial charge in [-0.15, -0.1) is 0 Å². The minimum absolute atomic E-state index is 0.127. The van der Waals surface area contributed by atoms with Crippen molar-refractivity contribution >= 4 is 115 Å². The van der Waals surface area contributed by atoms with Crippen LogP contribution in [0.25, 0.3) is 33.6 Å². The van der Waals surface area contributed by atoms with E-state index in [0.29, 0.717) is 0 Å². The predicted molar refractivity (Wildman–Crippen MR) is 466 cm³/mol. The smallest absolute Gasteiger partial charge is 0.248 e. The molecule has 4 aliphatic rings. The van der Waals surface area contributed by atoms with Crippen LogP contribution < -0.4 is 45.8 Å². The van der Waals surface area contributed by atoms with Crippen molar-refractivity contribution in [2.75, 3.05) is 36.4 Å². The first-order chi connectivity index (χ1) is 53.4. The molecule has 14 aromatic carbocycles. The van der Waals surface area contributed by atoms with E-state index in [2.05, 4.69) is 448 Å². The molecule has 2 heterocycles. The van der Waals surface area contributed by atoms with Crippen molar-refractivity contribution in [1.29, 1.82) is 0 Å². The van der Waals surface area contributed by atoms with E-state index in [0.717, 1.165) is 102 Å². The van der Waals surface area contributed by atoms with E-state index in [9.17, 15) is 0 Å². The van der Waals surface area contributed by atoms with Gasteiger partial charge in [-0.2, -0.15) is 0 Å². The highest BCUT2D eigenvalue weighted by molar-refractivity contribution is 6.97. The maximum Gasteiger partial charge on any atom is 0.248 e. The molecular formula is C101H86B2N6. The van der Waals surface area contributed by atoms with E-state index < -0.39 is 10.8 Å². The SMILES string of the molecule is C=CN(C1=C(B(c2cc3c(cc2N(C)c2c(-c4ccccc4)cccc2-c2ccccc2)N(c2ccccc2)c2cc(N(c4ccccc4)c4ccccc4)cc4c2B3C2=C(c3ccccc3C2(C)C)N4c2ccccc2)C(C)[C@H](C)N(c2ccccc2)c2ccccc2)C(C)(C)c2ccccc21)c1ccccc1. The van der Waals surface area contributed by atoms with Crippen LogP contribution in [0.2, 0.25) is 5.82 Å². The number of rotatable bonds is 19. The third-order valence-corrected chi connectivity index (χ3v) is 23.8. The summed E-state index contributed by atoms with van der Waals surface area (Å²) in [5.74, 6) is -0.132. The molecule has 0 spiro atoms. The predicted octanol–water partition coefficient (Wildman–Crippen LogP) is 24.3. The molecule has 0 saturated carbocycles. The van der Waals surface area contributed by atoms with Crippen LogP contribution in [0.3, 0.4) is 0 Å². The van der Waals surface area contributed by atoms with Gasteiger partial charge in [0.1, 0.15) is 0 Å². The van der Waals surface area contributed by atoms with E-state index in [1.54, 1.807) is 0 Å². The normalized spacial score (nSPS) is 14.5. The van der Waals surface area contributed by atoms with Crippen molar-refractivity contribution in [3.05, 3.63) is 410 Å². The lowest BCUT2D eigenvalue weighted by Gasteiger charge is -2.47. The number of allylic oxidation sites excluding steroid dienone is 2. The molecule has 8 heteroatoms. The molecule has 0 saturated heterocycles.